The van der Waals surface area contributed by atoms with Gasteiger partial charge < -0.3 is 0 Å². The standard InChI is InChI=1S/C20H16/c1-3-7-16-14(6-1)12-19-18(16)10-9-15-11-13-5-2-4-8-17(13)20(15)19/h1-10,13,17H,11-12H2. The summed E-state index contributed by atoms with van der Waals surface area (Å²) in [6, 6.07) is 13.6. The van der Waals surface area contributed by atoms with Gasteiger partial charge >= 0.3 is 0 Å². The zero-order valence-electron chi connectivity index (χ0n) is 11.3. The Morgan fingerprint density at radius 2 is 1.70 bits per heavy atom. The zero-order chi connectivity index (χ0) is 13.1. The average molecular weight is 256 g/mol. The fourth-order valence-electron chi connectivity index (χ4n) is 4.29. The Hall–Kier alpha value is -2.08. The molecule has 0 saturated heterocycles. The first-order valence-corrected chi connectivity index (χ1v) is 7.50. The smallest absolute Gasteiger partial charge is 0.00930 e. The molecule has 0 heterocycles. The molecule has 0 aliphatic heterocycles. The van der Waals surface area contributed by atoms with E-state index in [4.69, 9.17) is 0 Å². The summed E-state index contributed by atoms with van der Waals surface area (Å²) in [5.41, 5.74) is 9.21. The highest BCUT2D eigenvalue weighted by atomic mass is 14.4. The SMILES string of the molecule is C1=CC2Cc3ccc4c(c3C2C=C1)Cc1ccccc1-4. The van der Waals surface area contributed by atoms with Crippen LogP contribution < -0.4 is 0 Å². The van der Waals surface area contributed by atoms with E-state index in [-0.39, 0.29) is 0 Å². The molecule has 3 aliphatic rings. The number of fused-ring (bicyclic) bond motifs is 7. The Morgan fingerprint density at radius 1 is 0.800 bits per heavy atom. The molecule has 0 aromatic heterocycles. The quantitative estimate of drug-likeness (QED) is 0.549. The minimum absolute atomic E-state index is 0.610. The van der Waals surface area contributed by atoms with Gasteiger partial charge in [-0.15, -0.1) is 0 Å². The molecule has 2 atom stereocenters. The van der Waals surface area contributed by atoms with Gasteiger partial charge in [-0.25, -0.2) is 0 Å². The molecule has 2 aromatic carbocycles. The van der Waals surface area contributed by atoms with Crippen LogP contribution in [0.5, 0.6) is 0 Å². The molecule has 0 spiro atoms. The molecule has 0 radical (unpaired) electrons. The molecule has 0 N–H and O–H groups in total. The molecule has 0 nitrogen and oxygen atoms in total. The van der Waals surface area contributed by atoms with Crippen LogP contribution in [0, 0.1) is 5.92 Å². The van der Waals surface area contributed by atoms with Crippen molar-refractivity contribution in [1.82, 2.24) is 0 Å². The predicted molar refractivity (Wildman–Crippen MR) is 82.9 cm³/mol. The Bertz CT molecular complexity index is 777. The van der Waals surface area contributed by atoms with Crippen LogP contribution in [-0.2, 0) is 12.8 Å². The molecule has 0 heteroatoms. The molecule has 96 valence electrons. The summed E-state index contributed by atoms with van der Waals surface area (Å²) in [5, 5.41) is 0. The number of allylic oxidation sites excluding steroid dienone is 4. The van der Waals surface area contributed by atoms with Gasteiger partial charge in [-0.2, -0.15) is 0 Å². The van der Waals surface area contributed by atoms with Gasteiger partial charge in [0.15, 0.2) is 0 Å². The zero-order valence-corrected chi connectivity index (χ0v) is 11.3. The van der Waals surface area contributed by atoms with E-state index < -0.39 is 0 Å². The first kappa shape index (κ1) is 10.7. The number of rotatable bonds is 0. The number of benzene rings is 2. The van der Waals surface area contributed by atoms with Crippen molar-refractivity contribution in [3.63, 3.8) is 0 Å². The molecular formula is C20H16. The summed E-state index contributed by atoms with van der Waals surface area (Å²) in [5.74, 6) is 1.30. The van der Waals surface area contributed by atoms with Crippen molar-refractivity contribution in [2.45, 2.75) is 18.8 Å². The van der Waals surface area contributed by atoms with E-state index in [0.29, 0.717) is 11.8 Å². The summed E-state index contributed by atoms with van der Waals surface area (Å²) in [4.78, 5) is 0. The fourth-order valence-corrected chi connectivity index (χ4v) is 4.29. The second-order valence-electron chi connectivity index (χ2n) is 6.16. The minimum Gasteiger partial charge on any atom is -0.0802 e. The average Bonchev–Trinajstić information content (AvgIpc) is 3.04. The third-order valence-electron chi connectivity index (χ3n) is 5.16. The van der Waals surface area contributed by atoms with Gasteiger partial charge in [0, 0.05) is 5.92 Å². The van der Waals surface area contributed by atoms with Gasteiger partial charge in [0.25, 0.3) is 0 Å². The molecule has 0 fully saturated rings. The highest BCUT2D eigenvalue weighted by molar-refractivity contribution is 5.79. The largest absolute Gasteiger partial charge is 0.0802 e. The normalized spacial score (nSPS) is 24.2. The van der Waals surface area contributed by atoms with E-state index in [1.807, 2.05) is 0 Å². The first-order valence-electron chi connectivity index (χ1n) is 7.50. The maximum absolute atomic E-state index is 2.40. The van der Waals surface area contributed by atoms with Gasteiger partial charge in [-0.1, -0.05) is 60.7 Å². The highest BCUT2D eigenvalue weighted by Crippen LogP contribution is 2.49. The third kappa shape index (κ3) is 1.27. The monoisotopic (exact) mass is 256 g/mol. The number of hydrogen-bond donors (Lipinski definition) is 0. The van der Waals surface area contributed by atoms with Gasteiger partial charge in [0.05, 0.1) is 0 Å². The lowest BCUT2D eigenvalue weighted by Gasteiger charge is -2.18. The Labute approximate surface area is 119 Å². The van der Waals surface area contributed by atoms with Crippen molar-refractivity contribution in [3.05, 3.63) is 83.0 Å². The Morgan fingerprint density at radius 3 is 2.70 bits per heavy atom. The van der Waals surface area contributed by atoms with E-state index in [1.54, 1.807) is 16.7 Å². The molecule has 2 aromatic rings. The predicted octanol–water partition coefficient (Wildman–Crippen LogP) is 4.64. The van der Waals surface area contributed by atoms with Crippen LogP contribution >= 0.6 is 0 Å². The van der Waals surface area contributed by atoms with Gasteiger partial charge in [-0.3, -0.25) is 0 Å². The lowest BCUT2D eigenvalue weighted by Crippen LogP contribution is -2.05. The Kier molecular flexibility index (Phi) is 1.99. The van der Waals surface area contributed by atoms with Crippen LogP contribution in [0.2, 0.25) is 0 Å². The summed E-state index contributed by atoms with van der Waals surface area (Å²) in [6.45, 7) is 0. The summed E-state index contributed by atoms with van der Waals surface area (Å²) in [6.07, 6.45) is 11.6. The fraction of sp³-hybridized carbons (Fsp3) is 0.200. The Balaban J connectivity index is 1.75. The molecule has 0 amide bonds. The van der Waals surface area contributed by atoms with Crippen molar-refractivity contribution in [2.24, 2.45) is 5.92 Å². The van der Waals surface area contributed by atoms with E-state index in [0.717, 1.165) is 6.42 Å². The second-order valence-corrected chi connectivity index (χ2v) is 6.16. The van der Waals surface area contributed by atoms with Crippen molar-refractivity contribution in [1.29, 1.82) is 0 Å². The molecular weight excluding hydrogens is 240 g/mol. The van der Waals surface area contributed by atoms with Crippen molar-refractivity contribution in [2.75, 3.05) is 0 Å². The van der Waals surface area contributed by atoms with Gasteiger partial charge in [0.2, 0.25) is 0 Å². The first-order chi connectivity index (χ1) is 9.92. The van der Waals surface area contributed by atoms with Crippen molar-refractivity contribution >= 4 is 0 Å². The molecule has 2 unspecified atom stereocenters. The van der Waals surface area contributed by atoms with Crippen LogP contribution in [0.1, 0.15) is 28.2 Å². The van der Waals surface area contributed by atoms with Crippen molar-refractivity contribution in [3.8, 4) is 11.1 Å². The molecule has 0 saturated carbocycles. The summed E-state index contributed by atoms with van der Waals surface area (Å²) in [7, 11) is 0. The van der Waals surface area contributed by atoms with E-state index in [2.05, 4.69) is 60.7 Å². The van der Waals surface area contributed by atoms with Crippen LogP contribution in [0.15, 0.2) is 60.7 Å². The molecule has 5 rings (SSSR count). The number of hydrogen-bond acceptors (Lipinski definition) is 0. The molecule has 20 heavy (non-hydrogen) atoms. The molecule has 3 aliphatic carbocycles. The van der Waals surface area contributed by atoms with Gasteiger partial charge in [0.1, 0.15) is 0 Å². The van der Waals surface area contributed by atoms with Crippen molar-refractivity contribution < 1.29 is 0 Å². The lowest BCUT2D eigenvalue weighted by atomic mass is 9.86. The van der Waals surface area contributed by atoms with Crippen LogP contribution in [0.4, 0.5) is 0 Å². The molecule has 0 bridgehead atoms. The van der Waals surface area contributed by atoms with Gasteiger partial charge in [-0.05, 0) is 52.1 Å². The van der Waals surface area contributed by atoms with E-state index in [1.165, 1.54) is 23.1 Å². The third-order valence-corrected chi connectivity index (χ3v) is 5.16. The van der Waals surface area contributed by atoms with Crippen LogP contribution in [-0.4, -0.2) is 0 Å². The van der Waals surface area contributed by atoms with E-state index >= 15 is 0 Å². The minimum atomic E-state index is 0.610. The maximum Gasteiger partial charge on any atom is 0.00930 e. The van der Waals surface area contributed by atoms with E-state index in [9.17, 15) is 0 Å². The van der Waals surface area contributed by atoms with Crippen LogP contribution in [0.25, 0.3) is 11.1 Å². The topological polar surface area (TPSA) is 0 Å². The lowest BCUT2D eigenvalue weighted by molar-refractivity contribution is 0.628. The maximum atomic E-state index is 2.40. The second kappa shape index (κ2) is 3.73. The summed E-state index contributed by atoms with van der Waals surface area (Å²) < 4.78 is 0. The summed E-state index contributed by atoms with van der Waals surface area (Å²) >= 11 is 0. The highest BCUT2D eigenvalue weighted by Gasteiger charge is 2.34. The van der Waals surface area contributed by atoms with Crippen LogP contribution in [0.3, 0.4) is 0 Å².